The van der Waals surface area contributed by atoms with Gasteiger partial charge in [0.05, 0.1) is 11.9 Å². The lowest BCUT2D eigenvalue weighted by molar-refractivity contribution is 0.174. The van der Waals surface area contributed by atoms with Crippen molar-refractivity contribution in [1.29, 1.82) is 0 Å². The van der Waals surface area contributed by atoms with Gasteiger partial charge in [-0.05, 0) is 37.1 Å². The van der Waals surface area contributed by atoms with Crippen LogP contribution in [0.4, 0.5) is 0 Å². The minimum atomic E-state index is 0.318. The Kier molecular flexibility index (Phi) is 8.42. The standard InChI is InChI=1S/C28H37N3O2/c1-3-5-7-11-16-30(20-23-14-15-26-27(18-23)33-22-32-26)21-25-19-29-28(31(25)17-6-4-2)24-12-9-8-10-13-24/h8-10,12-15,18-19H,3-7,11,16-17,20-22H2,1-2H3. The van der Waals surface area contributed by atoms with Crippen molar-refractivity contribution in [3.8, 4) is 22.9 Å². The number of unbranched alkanes of at least 4 members (excludes halogenated alkanes) is 4. The van der Waals surface area contributed by atoms with Crippen molar-refractivity contribution >= 4 is 0 Å². The molecule has 0 atom stereocenters. The highest BCUT2D eigenvalue weighted by molar-refractivity contribution is 5.55. The SMILES string of the molecule is CCCCCCN(Cc1ccc2c(c1)OCO2)Cc1cnc(-c2ccccc2)n1CCCC. The minimum absolute atomic E-state index is 0.318. The maximum Gasteiger partial charge on any atom is 0.231 e. The number of nitrogens with zero attached hydrogens (tertiary/aromatic N) is 3. The van der Waals surface area contributed by atoms with Gasteiger partial charge in [0, 0.05) is 25.2 Å². The van der Waals surface area contributed by atoms with Crippen molar-refractivity contribution in [1.82, 2.24) is 14.5 Å². The highest BCUT2D eigenvalue weighted by atomic mass is 16.7. The highest BCUT2D eigenvalue weighted by Crippen LogP contribution is 2.33. The molecule has 0 N–H and O–H groups in total. The third-order valence-corrected chi connectivity index (χ3v) is 6.26. The van der Waals surface area contributed by atoms with Crippen LogP contribution in [0.1, 0.15) is 63.6 Å². The molecule has 0 unspecified atom stereocenters. The first kappa shape index (κ1) is 23.4. The predicted molar refractivity (Wildman–Crippen MR) is 133 cm³/mol. The summed E-state index contributed by atoms with van der Waals surface area (Å²) in [5, 5.41) is 0. The van der Waals surface area contributed by atoms with E-state index >= 15 is 0 Å². The van der Waals surface area contributed by atoms with E-state index < -0.39 is 0 Å². The molecule has 3 aromatic rings. The quantitative estimate of drug-likeness (QED) is 0.275. The molecular formula is C28H37N3O2. The zero-order valence-corrected chi connectivity index (χ0v) is 20.1. The summed E-state index contributed by atoms with van der Waals surface area (Å²) in [5.74, 6) is 2.78. The normalized spacial score (nSPS) is 12.6. The van der Waals surface area contributed by atoms with E-state index in [2.05, 4.69) is 72.0 Å². The molecule has 0 bridgehead atoms. The van der Waals surface area contributed by atoms with E-state index in [0.717, 1.165) is 49.9 Å². The van der Waals surface area contributed by atoms with Gasteiger partial charge in [-0.2, -0.15) is 0 Å². The van der Waals surface area contributed by atoms with Gasteiger partial charge in [-0.15, -0.1) is 0 Å². The number of ether oxygens (including phenoxy) is 2. The summed E-state index contributed by atoms with van der Waals surface area (Å²) in [6.07, 6.45) is 9.45. The number of hydrogen-bond acceptors (Lipinski definition) is 4. The molecule has 1 aliphatic rings. The van der Waals surface area contributed by atoms with Crippen LogP contribution < -0.4 is 9.47 Å². The summed E-state index contributed by atoms with van der Waals surface area (Å²) in [6.45, 7) is 8.70. The minimum Gasteiger partial charge on any atom is -0.454 e. The molecule has 176 valence electrons. The van der Waals surface area contributed by atoms with Crippen molar-refractivity contribution in [2.45, 2.75) is 72.0 Å². The fraction of sp³-hybridized carbons (Fsp3) is 0.464. The van der Waals surface area contributed by atoms with Crippen LogP contribution in [0, 0.1) is 0 Å². The Morgan fingerprint density at radius 1 is 0.879 bits per heavy atom. The van der Waals surface area contributed by atoms with Gasteiger partial charge in [0.2, 0.25) is 6.79 Å². The lowest BCUT2D eigenvalue weighted by atomic mass is 10.1. The Balaban J connectivity index is 1.54. The predicted octanol–water partition coefficient (Wildman–Crippen LogP) is 6.66. The van der Waals surface area contributed by atoms with E-state index in [1.165, 1.54) is 48.9 Å². The molecule has 0 amide bonds. The van der Waals surface area contributed by atoms with Crippen molar-refractivity contribution in [2.75, 3.05) is 13.3 Å². The third-order valence-electron chi connectivity index (χ3n) is 6.26. The van der Waals surface area contributed by atoms with Crippen LogP contribution in [0.3, 0.4) is 0 Å². The Hall–Kier alpha value is -2.79. The Morgan fingerprint density at radius 2 is 1.70 bits per heavy atom. The zero-order chi connectivity index (χ0) is 22.9. The number of aromatic nitrogens is 2. The number of rotatable bonds is 13. The van der Waals surface area contributed by atoms with Gasteiger partial charge >= 0.3 is 0 Å². The smallest absolute Gasteiger partial charge is 0.231 e. The lowest BCUT2D eigenvalue weighted by Crippen LogP contribution is -2.25. The van der Waals surface area contributed by atoms with Gasteiger partial charge in [-0.3, -0.25) is 4.90 Å². The van der Waals surface area contributed by atoms with Gasteiger partial charge in [0.25, 0.3) is 0 Å². The van der Waals surface area contributed by atoms with Crippen LogP contribution in [0.25, 0.3) is 11.4 Å². The second-order valence-corrected chi connectivity index (χ2v) is 8.90. The molecule has 0 radical (unpaired) electrons. The van der Waals surface area contributed by atoms with E-state index in [1.807, 2.05) is 6.07 Å². The number of fused-ring (bicyclic) bond motifs is 1. The van der Waals surface area contributed by atoms with Crippen LogP contribution in [0.15, 0.2) is 54.7 Å². The van der Waals surface area contributed by atoms with Gasteiger partial charge in [0.1, 0.15) is 5.82 Å². The van der Waals surface area contributed by atoms with Crippen LogP contribution in [-0.2, 0) is 19.6 Å². The Labute approximate surface area is 198 Å². The van der Waals surface area contributed by atoms with Crippen molar-refractivity contribution in [3.05, 3.63) is 66.0 Å². The maximum absolute atomic E-state index is 5.61. The van der Waals surface area contributed by atoms with E-state index in [-0.39, 0.29) is 0 Å². The average Bonchev–Trinajstić information content (AvgIpc) is 3.47. The Morgan fingerprint density at radius 3 is 2.52 bits per heavy atom. The summed E-state index contributed by atoms with van der Waals surface area (Å²) < 4.78 is 13.5. The molecule has 5 heteroatoms. The Bertz CT molecular complexity index is 1000. The lowest BCUT2D eigenvalue weighted by Gasteiger charge is -2.24. The summed E-state index contributed by atoms with van der Waals surface area (Å²) in [7, 11) is 0. The highest BCUT2D eigenvalue weighted by Gasteiger charge is 2.17. The molecule has 0 spiro atoms. The number of imidazole rings is 1. The van der Waals surface area contributed by atoms with Crippen LogP contribution >= 0.6 is 0 Å². The van der Waals surface area contributed by atoms with Crippen molar-refractivity contribution < 1.29 is 9.47 Å². The monoisotopic (exact) mass is 447 g/mol. The summed E-state index contributed by atoms with van der Waals surface area (Å²) in [5.41, 5.74) is 3.74. The van der Waals surface area contributed by atoms with E-state index in [1.54, 1.807) is 0 Å². The summed E-state index contributed by atoms with van der Waals surface area (Å²) >= 11 is 0. The first-order chi connectivity index (χ1) is 16.3. The largest absolute Gasteiger partial charge is 0.454 e. The average molecular weight is 448 g/mol. The molecule has 33 heavy (non-hydrogen) atoms. The molecule has 4 rings (SSSR count). The molecule has 0 saturated heterocycles. The van der Waals surface area contributed by atoms with Crippen LogP contribution in [0.2, 0.25) is 0 Å². The molecule has 0 aliphatic carbocycles. The molecule has 1 aromatic heterocycles. The topological polar surface area (TPSA) is 39.5 Å². The zero-order valence-electron chi connectivity index (χ0n) is 20.1. The van der Waals surface area contributed by atoms with E-state index in [0.29, 0.717) is 6.79 Å². The van der Waals surface area contributed by atoms with Crippen LogP contribution in [-0.4, -0.2) is 27.8 Å². The molecule has 2 heterocycles. The van der Waals surface area contributed by atoms with E-state index in [9.17, 15) is 0 Å². The maximum atomic E-state index is 5.61. The molecule has 0 fully saturated rings. The van der Waals surface area contributed by atoms with Crippen molar-refractivity contribution in [3.63, 3.8) is 0 Å². The van der Waals surface area contributed by atoms with Gasteiger partial charge < -0.3 is 14.0 Å². The number of hydrogen-bond donors (Lipinski definition) is 0. The van der Waals surface area contributed by atoms with E-state index in [4.69, 9.17) is 14.5 Å². The fourth-order valence-electron chi connectivity index (χ4n) is 4.42. The summed E-state index contributed by atoms with van der Waals surface area (Å²) in [4.78, 5) is 7.41. The van der Waals surface area contributed by atoms with Crippen LogP contribution in [0.5, 0.6) is 11.5 Å². The van der Waals surface area contributed by atoms with Crippen molar-refractivity contribution in [2.24, 2.45) is 0 Å². The summed E-state index contributed by atoms with van der Waals surface area (Å²) in [6, 6.07) is 16.9. The second kappa shape index (κ2) is 11.9. The molecule has 0 saturated carbocycles. The number of benzene rings is 2. The fourth-order valence-corrected chi connectivity index (χ4v) is 4.42. The van der Waals surface area contributed by atoms with Gasteiger partial charge in [0.15, 0.2) is 11.5 Å². The first-order valence-corrected chi connectivity index (χ1v) is 12.5. The molecule has 2 aromatic carbocycles. The first-order valence-electron chi connectivity index (χ1n) is 12.5. The molecule has 5 nitrogen and oxygen atoms in total. The molecular weight excluding hydrogens is 410 g/mol. The molecule has 1 aliphatic heterocycles. The van der Waals surface area contributed by atoms with Gasteiger partial charge in [-0.1, -0.05) is 75.9 Å². The third kappa shape index (κ3) is 6.17. The van der Waals surface area contributed by atoms with Gasteiger partial charge in [-0.25, -0.2) is 4.98 Å². The second-order valence-electron chi connectivity index (χ2n) is 8.90.